The van der Waals surface area contributed by atoms with Gasteiger partial charge in [0.25, 0.3) is 0 Å². The second kappa shape index (κ2) is 11.9. The molecule has 0 aliphatic heterocycles. The molecule has 146 valence electrons. The Bertz CT molecular complexity index is 355. The fourth-order valence-electron chi connectivity index (χ4n) is 4.07. The number of carbonyl (C=O) groups excluding carboxylic acids is 1. The minimum Gasteiger partial charge on any atom is -0.462 e. The molecule has 0 aromatic carbocycles. The lowest BCUT2D eigenvalue weighted by Crippen LogP contribution is -2.32. The maximum Gasteiger partial charge on any atom is 0.309 e. The summed E-state index contributed by atoms with van der Waals surface area (Å²) in [6.45, 7) is 3.12. The van der Waals surface area contributed by atoms with Crippen molar-refractivity contribution in [2.24, 2.45) is 5.92 Å². The van der Waals surface area contributed by atoms with Gasteiger partial charge in [-0.05, 0) is 57.8 Å². The molecule has 0 aromatic heterocycles. The highest BCUT2D eigenvalue weighted by Crippen LogP contribution is 2.30. The Morgan fingerprint density at radius 2 is 1.40 bits per heavy atom. The van der Waals surface area contributed by atoms with Gasteiger partial charge in [0.2, 0.25) is 0 Å². The molecule has 2 saturated carbocycles. The lowest BCUT2D eigenvalue weighted by molar-refractivity contribution is -0.159. The van der Waals surface area contributed by atoms with Gasteiger partial charge in [-0.2, -0.15) is 0 Å². The molecule has 4 nitrogen and oxygen atoms in total. The molecule has 0 atom stereocenters. The summed E-state index contributed by atoms with van der Waals surface area (Å²) in [5.74, 6) is 0.114. The van der Waals surface area contributed by atoms with Crippen molar-refractivity contribution >= 4 is 5.97 Å². The number of carbonyl (C=O) groups is 1. The number of esters is 1. The van der Waals surface area contributed by atoms with Gasteiger partial charge >= 0.3 is 5.97 Å². The van der Waals surface area contributed by atoms with Gasteiger partial charge in [0.05, 0.1) is 18.1 Å². The zero-order valence-electron chi connectivity index (χ0n) is 16.3. The smallest absolute Gasteiger partial charge is 0.309 e. The third-order valence-corrected chi connectivity index (χ3v) is 5.85. The predicted octanol–water partition coefficient (Wildman–Crippen LogP) is 5.03. The van der Waals surface area contributed by atoms with Gasteiger partial charge in [0, 0.05) is 13.7 Å². The van der Waals surface area contributed by atoms with Crippen LogP contribution in [0.3, 0.4) is 0 Å². The van der Waals surface area contributed by atoms with Crippen LogP contribution in [0.25, 0.3) is 0 Å². The number of rotatable bonds is 10. The van der Waals surface area contributed by atoms with E-state index in [4.69, 9.17) is 14.2 Å². The Balaban J connectivity index is 1.54. The van der Waals surface area contributed by atoms with Gasteiger partial charge in [0.15, 0.2) is 0 Å². The number of methoxy groups -OCH3 is 1. The van der Waals surface area contributed by atoms with Gasteiger partial charge in [-0.25, -0.2) is 0 Å². The van der Waals surface area contributed by atoms with Gasteiger partial charge in [-0.3, -0.25) is 4.79 Å². The van der Waals surface area contributed by atoms with E-state index in [9.17, 15) is 4.79 Å². The SMILES string of the molecule is CCCCCCCOC1CCC(C(=O)OC2CCC(OC)CC2)CC1. The van der Waals surface area contributed by atoms with Gasteiger partial charge in [-0.1, -0.05) is 32.6 Å². The number of ether oxygens (including phenoxy) is 3. The first kappa shape index (κ1) is 20.7. The Morgan fingerprint density at radius 3 is 2.04 bits per heavy atom. The van der Waals surface area contributed by atoms with Crippen LogP contribution in [0.15, 0.2) is 0 Å². The third kappa shape index (κ3) is 7.65. The average molecular weight is 355 g/mol. The van der Waals surface area contributed by atoms with Crippen molar-refractivity contribution in [3.05, 3.63) is 0 Å². The number of hydrogen-bond acceptors (Lipinski definition) is 4. The lowest BCUT2D eigenvalue weighted by Gasteiger charge is -2.31. The standard InChI is InChI=1S/C21H38O4/c1-3-4-5-6-7-16-24-19-10-8-17(9-11-19)21(22)25-20-14-12-18(23-2)13-15-20/h17-20H,3-16H2,1-2H3. The predicted molar refractivity (Wildman–Crippen MR) is 99.6 cm³/mol. The normalized spacial score (nSPS) is 30.2. The van der Waals surface area contributed by atoms with E-state index >= 15 is 0 Å². The second-order valence-corrected chi connectivity index (χ2v) is 7.83. The Labute approximate surface area is 154 Å². The van der Waals surface area contributed by atoms with E-state index in [2.05, 4.69) is 6.92 Å². The first-order chi connectivity index (χ1) is 12.2. The van der Waals surface area contributed by atoms with Crippen LogP contribution in [0.5, 0.6) is 0 Å². The molecule has 25 heavy (non-hydrogen) atoms. The molecular weight excluding hydrogens is 316 g/mol. The lowest BCUT2D eigenvalue weighted by atomic mass is 9.87. The zero-order valence-corrected chi connectivity index (χ0v) is 16.3. The first-order valence-corrected chi connectivity index (χ1v) is 10.6. The third-order valence-electron chi connectivity index (χ3n) is 5.85. The van der Waals surface area contributed by atoms with Gasteiger partial charge in [-0.15, -0.1) is 0 Å². The molecule has 2 aliphatic carbocycles. The van der Waals surface area contributed by atoms with Crippen molar-refractivity contribution in [1.29, 1.82) is 0 Å². The van der Waals surface area contributed by atoms with Crippen LogP contribution in [-0.2, 0) is 19.0 Å². The van der Waals surface area contributed by atoms with Crippen molar-refractivity contribution in [1.82, 2.24) is 0 Å². The summed E-state index contributed by atoms with van der Waals surface area (Å²) in [5.41, 5.74) is 0. The summed E-state index contributed by atoms with van der Waals surface area (Å²) in [6, 6.07) is 0. The Morgan fingerprint density at radius 1 is 0.800 bits per heavy atom. The van der Waals surface area contributed by atoms with E-state index < -0.39 is 0 Å². The average Bonchev–Trinajstić information content (AvgIpc) is 2.65. The van der Waals surface area contributed by atoms with E-state index in [0.29, 0.717) is 12.2 Å². The molecule has 0 unspecified atom stereocenters. The summed E-state index contributed by atoms with van der Waals surface area (Å²) in [4.78, 5) is 12.4. The minimum atomic E-state index is 0.0267. The topological polar surface area (TPSA) is 44.8 Å². The van der Waals surface area contributed by atoms with Gasteiger partial charge in [0.1, 0.15) is 6.10 Å². The van der Waals surface area contributed by atoms with Gasteiger partial charge < -0.3 is 14.2 Å². The fourth-order valence-corrected chi connectivity index (χ4v) is 4.07. The highest BCUT2D eigenvalue weighted by atomic mass is 16.5. The van der Waals surface area contributed by atoms with Crippen molar-refractivity contribution in [3.8, 4) is 0 Å². The van der Waals surface area contributed by atoms with Crippen LogP contribution >= 0.6 is 0 Å². The highest BCUT2D eigenvalue weighted by molar-refractivity contribution is 5.72. The molecule has 0 saturated heterocycles. The largest absolute Gasteiger partial charge is 0.462 e. The number of unbranched alkanes of at least 4 members (excludes halogenated alkanes) is 4. The first-order valence-electron chi connectivity index (χ1n) is 10.6. The summed E-state index contributed by atoms with van der Waals surface area (Å²) < 4.78 is 17.1. The number of hydrogen-bond donors (Lipinski definition) is 0. The Kier molecular flexibility index (Phi) is 9.85. The van der Waals surface area contributed by atoms with Crippen LogP contribution in [0, 0.1) is 5.92 Å². The summed E-state index contributed by atoms with van der Waals surface area (Å²) in [7, 11) is 1.77. The molecule has 2 rings (SSSR count). The maximum absolute atomic E-state index is 12.4. The van der Waals surface area contributed by atoms with E-state index in [-0.39, 0.29) is 18.0 Å². The summed E-state index contributed by atoms with van der Waals surface area (Å²) >= 11 is 0. The molecule has 0 radical (unpaired) electrons. The van der Waals surface area contributed by atoms with E-state index in [1.165, 1.54) is 32.1 Å². The van der Waals surface area contributed by atoms with E-state index in [1.54, 1.807) is 7.11 Å². The van der Waals surface area contributed by atoms with Crippen LogP contribution in [-0.4, -0.2) is 38.0 Å². The van der Waals surface area contributed by atoms with Crippen LogP contribution in [0.1, 0.15) is 90.4 Å². The molecule has 0 bridgehead atoms. The summed E-state index contributed by atoms with van der Waals surface area (Å²) in [6.07, 6.45) is 15.0. The fraction of sp³-hybridized carbons (Fsp3) is 0.952. The maximum atomic E-state index is 12.4. The zero-order chi connectivity index (χ0) is 17.9. The second-order valence-electron chi connectivity index (χ2n) is 7.83. The minimum absolute atomic E-state index is 0.0267. The van der Waals surface area contributed by atoms with Crippen molar-refractivity contribution in [2.75, 3.05) is 13.7 Å². The summed E-state index contributed by atoms with van der Waals surface area (Å²) in [5, 5.41) is 0. The molecule has 0 aromatic rings. The molecule has 0 amide bonds. The molecule has 2 fully saturated rings. The molecule has 0 N–H and O–H groups in total. The molecule has 0 spiro atoms. The molecule has 4 heteroatoms. The van der Waals surface area contributed by atoms with Crippen molar-refractivity contribution in [3.63, 3.8) is 0 Å². The van der Waals surface area contributed by atoms with Crippen molar-refractivity contribution < 1.29 is 19.0 Å². The van der Waals surface area contributed by atoms with E-state index in [1.807, 2.05) is 0 Å². The highest BCUT2D eigenvalue weighted by Gasteiger charge is 2.30. The van der Waals surface area contributed by atoms with Crippen LogP contribution in [0.2, 0.25) is 0 Å². The van der Waals surface area contributed by atoms with Crippen LogP contribution in [0.4, 0.5) is 0 Å². The molecule has 0 heterocycles. The monoisotopic (exact) mass is 354 g/mol. The Hall–Kier alpha value is -0.610. The molecular formula is C21H38O4. The van der Waals surface area contributed by atoms with E-state index in [0.717, 1.165) is 58.0 Å². The van der Waals surface area contributed by atoms with Crippen molar-refractivity contribution in [2.45, 2.75) is 109 Å². The quantitative estimate of drug-likeness (QED) is 0.407. The molecule has 2 aliphatic rings. The van der Waals surface area contributed by atoms with Crippen LogP contribution < -0.4 is 0 Å².